The molecule has 0 bridgehead atoms. The molecule has 7 heteroatoms. The number of benzene rings is 2. The van der Waals surface area contributed by atoms with Crippen molar-refractivity contribution in [3.05, 3.63) is 54.1 Å². The number of para-hydroxylation sites is 2. The van der Waals surface area contributed by atoms with Crippen LogP contribution in [0.1, 0.15) is 26.3 Å². The summed E-state index contributed by atoms with van der Waals surface area (Å²) in [5.74, 6) is 2.11. The fraction of sp³-hybridized carbons (Fsp3) is 0.391. The molecule has 0 aliphatic heterocycles. The van der Waals surface area contributed by atoms with Gasteiger partial charge in [0, 0.05) is 25.7 Å². The first-order valence-corrected chi connectivity index (χ1v) is 10.2. The molecular weight excluding hydrogens is 380 g/mol. The van der Waals surface area contributed by atoms with Crippen LogP contribution < -0.4 is 25.4 Å². The van der Waals surface area contributed by atoms with Crippen molar-refractivity contribution in [2.24, 2.45) is 4.99 Å². The maximum absolute atomic E-state index is 11.1. The monoisotopic (exact) mass is 412 g/mol. The summed E-state index contributed by atoms with van der Waals surface area (Å²) in [5.41, 5.74) is 1.98. The van der Waals surface area contributed by atoms with E-state index in [1.807, 2.05) is 62.4 Å². The van der Waals surface area contributed by atoms with Crippen molar-refractivity contribution in [3.63, 3.8) is 0 Å². The minimum Gasteiger partial charge on any atom is -0.493 e. The number of anilines is 1. The van der Waals surface area contributed by atoms with Gasteiger partial charge in [-0.25, -0.2) is 4.99 Å². The van der Waals surface area contributed by atoms with E-state index in [1.165, 1.54) is 12.5 Å². The molecule has 0 saturated carbocycles. The second-order valence-electron chi connectivity index (χ2n) is 6.85. The number of nitrogens with one attached hydrogen (secondary N) is 3. The van der Waals surface area contributed by atoms with Gasteiger partial charge in [-0.15, -0.1) is 0 Å². The topological polar surface area (TPSA) is 84.0 Å². The summed E-state index contributed by atoms with van der Waals surface area (Å²) < 4.78 is 11.3. The summed E-state index contributed by atoms with van der Waals surface area (Å²) in [6, 6.07) is 15.4. The molecule has 0 aliphatic carbocycles. The minimum absolute atomic E-state index is 0.0696. The molecular formula is C23H32N4O3. The van der Waals surface area contributed by atoms with Crippen LogP contribution in [-0.4, -0.2) is 44.7 Å². The number of guanidine groups is 1. The lowest BCUT2D eigenvalue weighted by atomic mass is 10.1. The molecule has 0 fully saturated rings. The lowest BCUT2D eigenvalue weighted by Crippen LogP contribution is -2.39. The number of hydrogen-bond donors (Lipinski definition) is 3. The average molecular weight is 413 g/mol. The highest BCUT2D eigenvalue weighted by atomic mass is 16.5. The molecule has 0 radical (unpaired) electrons. The molecule has 1 amide bonds. The van der Waals surface area contributed by atoms with Crippen molar-refractivity contribution in [3.8, 4) is 11.5 Å². The molecule has 2 aromatic carbocycles. The lowest BCUT2D eigenvalue weighted by molar-refractivity contribution is -0.114. The molecule has 0 aromatic heterocycles. The van der Waals surface area contributed by atoms with Crippen LogP contribution in [0, 0.1) is 0 Å². The van der Waals surface area contributed by atoms with Gasteiger partial charge in [-0.05, 0) is 50.1 Å². The number of ether oxygens (including phenoxy) is 2. The molecule has 0 saturated heterocycles. The second kappa shape index (κ2) is 12.4. The number of amides is 1. The Morgan fingerprint density at radius 2 is 1.77 bits per heavy atom. The van der Waals surface area contributed by atoms with Crippen LogP contribution in [-0.2, 0) is 11.2 Å². The van der Waals surface area contributed by atoms with Crippen LogP contribution in [0.3, 0.4) is 0 Å². The van der Waals surface area contributed by atoms with E-state index in [1.54, 1.807) is 7.11 Å². The van der Waals surface area contributed by atoms with E-state index in [0.29, 0.717) is 18.0 Å². The summed E-state index contributed by atoms with van der Waals surface area (Å²) >= 11 is 0. The van der Waals surface area contributed by atoms with E-state index in [9.17, 15) is 4.79 Å². The van der Waals surface area contributed by atoms with E-state index in [4.69, 9.17) is 9.47 Å². The molecule has 0 aliphatic rings. The standard InChI is InChI=1S/C23H32N4O3/c1-5-24-23(25-15-14-19-10-12-20(13-11-19)27-18(3)28)26-16-17(2)30-22-9-7-6-8-21(22)29-4/h6-13,17H,5,14-16H2,1-4H3,(H,27,28)(H2,24,25,26). The molecule has 1 unspecified atom stereocenters. The summed E-state index contributed by atoms with van der Waals surface area (Å²) in [6.45, 7) is 7.55. The van der Waals surface area contributed by atoms with Crippen molar-refractivity contribution < 1.29 is 14.3 Å². The highest BCUT2D eigenvalue weighted by Gasteiger charge is 2.08. The Morgan fingerprint density at radius 3 is 2.40 bits per heavy atom. The molecule has 7 nitrogen and oxygen atoms in total. The summed E-state index contributed by atoms with van der Waals surface area (Å²) in [5, 5.41) is 9.37. The van der Waals surface area contributed by atoms with Crippen molar-refractivity contribution >= 4 is 17.6 Å². The van der Waals surface area contributed by atoms with Gasteiger partial charge in [0.2, 0.25) is 5.91 Å². The summed E-state index contributed by atoms with van der Waals surface area (Å²) in [4.78, 5) is 15.7. The average Bonchev–Trinajstić information content (AvgIpc) is 2.73. The van der Waals surface area contributed by atoms with E-state index in [0.717, 1.165) is 31.2 Å². The Kier molecular flexibility index (Phi) is 9.51. The molecule has 0 spiro atoms. The zero-order chi connectivity index (χ0) is 21.8. The SMILES string of the molecule is CCNC(=NCC(C)Oc1ccccc1OC)NCCc1ccc(NC(C)=O)cc1. The van der Waals surface area contributed by atoms with Crippen LogP contribution in [0.2, 0.25) is 0 Å². The number of carbonyl (C=O) groups excluding carboxylic acids is 1. The van der Waals surface area contributed by atoms with E-state index < -0.39 is 0 Å². The van der Waals surface area contributed by atoms with Crippen LogP contribution >= 0.6 is 0 Å². The second-order valence-corrected chi connectivity index (χ2v) is 6.85. The van der Waals surface area contributed by atoms with Crippen LogP contribution in [0.4, 0.5) is 5.69 Å². The molecule has 2 aromatic rings. The van der Waals surface area contributed by atoms with Gasteiger partial charge in [0.25, 0.3) is 0 Å². The van der Waals surface area contributed by atoms with Gasteiger partial charge in [0.1, 0.15) is 6.10 Å². The third-order valence-electron chi connectivity index (χ3n) is 4.23. The number of hydrogen-bond acceptors (Lipinski definition) is 4. The van der Waals surface area contributed by atoms with Crippen LogP contribution in [0.25, 0.3) is 0 Å². The predicted molar refractivity (Wildman–Crippen MR) is 122 cm³/mol. The normalized spacial score (nSPS) is 12.1. The Morgan fingerprint density at radius 1 is 1.07 bits per heavy atom. The summed E-state index contributed by atoms with van der Waals surface area (Å²) in [7, 11) is 1.63. The zero-order valence-corrected chi connectivity index (χ0v) is 18.2. The third-order valence-corrected chi connectivity index (χ3v) is 4.23. The van der Waals surface area contributed by atoms with Crippen molar-refractivity contribution in [1.82, 2.24) is 10.6 Å². The lowest BCUT2D eigenvalue weighted by Gasteiger charge is -2.16. The predicted octanol–water partition coefficient (Wildman–Crippen LogP) is 3.22. The first-order valence-electron chi connectivity index (χ1n) is 10.2. The number of rotatable bonds is 10. The summed E-state index contributed by atoms with van der Waals surface area (Å²) in [6.07, 6.45) is 0.746. The highest BCUT2D eigenvalue weighted by Crippen LogP contribution is 2.26. The van der Waals surface area contributed by atoms with Gasteiger partial charge < -0.3 is 25.4 Å². The van der Waals surface area contributed by atoms with Crippen molar-refractivity contribution in [2.45, 2.75) is 33.3 Å². The zero-order valence-electron chi connectivity index (χ0n) is 18.2. The molecule has 162 valence electrons. The Balaban J connectivity index is 1.84. The Bertz CT molecular complexity index is 821. The smallest absolute Gasteiger partial charge is 0.221 e. The fourth-order valence-electron chi connectivity index (χ4n) is 2.82. The Hall–Kier alpha value is -3.22. The van der Waals surface area contributed by atoms with Gasteiger partial charge in [0.05, 0.1) is 13.7 Å². The van der Waals surface area contributed by atoms with Gasteiger partial charge in [-0.2, -0.15) is 0 Å². The molecule has 0 heterocycles. The van der Waals surface area contributed by atoms with Gasteiger partial charge in [-0.1, -0.05) is 24.3 Å². The maximum Gasteiger partial charge on any atom is 0.221 e. The molecule has 30 heavy (non-hydrogen) atoms. The Labute approximate surface area is 178 Å². The van der Waals surface area contributed by atoms with E-state index >= 15 is 0 Å². The van der Waals surface area contributed by atoms with Crippen LogP contribution in [0.15, 0.2) is 53.5 Å². The van der Waals surface area contributed by atoms with Gasteiger partial charge in [-0.3, -0.25) is 4.79 Å². The van der Waals surface area contributed by atoms with Crippen LogP contribution in [0.5, 0.6) is 11.5 Å². The van der Waals surface area contributed by atoms with Crippen molar-refractivity contribution in [2.75, 3.05) is 32.1 Å². The quantitative estimate of drug-likeness (QED) is 0.412. The first-order chi connectivity index (χ1) is 14.5. The van der Waals surface area contributed by atoms with E-state index in [-0.39, 0.29) is 12.0 Å². The van der Waals surface area contributed by atoms with Gasteiger partial charge >= 0.3 is 0 Å². The fourth-order valence-corrected chi connectivity index (χ4v) is 2.82. The number of aliphatic imine (C=N–C) groups is 1. The van der Waals surface area contributed by atoms with Crippen molar-refractivity contribution in [1.29, 1.82) is 0 Å². The minimum atomic E-state index is -0.0990. The molecule has 2 rings (SSSR count). The number of methoxy groups -OCH3 is 1. The molecule has 1 atom stereocenters. The third kappa shape index (κ3) is 8.03. The highest BCUT2D eigenvalue weighted by molar-refractivity contribution is 5.88. The number of carbonyl (C=O) groups is 1. The van der Waals surface area contributed by atoms with E-state index in [2.05, 4.69) is 20.9 Å². The molecule has 3 N–H and O–H groups in total. The van der Waals surface area contributed by atoms with Gasteiger partial charge in [0.15, 0.2) is 17.5 Å². The largest absolute Gasteiger partial charge is 0.493 e. The maximum atomic E-state index is 11.1. The number of nitrogens with zero attached hydrogens (tertiary/aromatic N) is 1. The first kappa shape index (κ1) is 23.1.